The van der Waals surface area contributed by atoms with Crippen molar-refractivity contribution in [3.05, 3.63) is 54.5 Å². The fourth-order valence-corrected chi connectivity index (χ4v) is 3.81. The maximum absolute atomic E-state index is 14.3. The highest BCUT2D eigenvalue weighted by atomic mass is 19.1. The van der Waals surface area contributed by atoms with Crippen LogP contribution in [-0.4, -0.2) is 65.5 Å². The van der Waals surface area contributed by atoms with Crippen LogP contribution in [0.4, 0.5) is 14.9 Å². The minimum Gasteiger partial charge on any atom is -0.377 e. The van der Waals surface area contributed by atoms with Gasteiger partial charge in [-0.25, -0.2) is 13.9 Å². The number of ether oxygens (including phenoxy) is 1. The van der Waals surface area contributed by atoms with Gasteiger partial charge in [-0.3, -0.25) is 9.69 Å². The summed E-state index contributed by atoms with van der Waals surface area (Å²) in [5, 5.41) is 7.94. The summed E-state index contributed by atoms with van der Waals surface area (Å²) >= 11 is 0. The van der Waals surface area contributed by atoms with E-state index in [-0.39, 0.29) is 30.3 Å². The number of fused-ring (bicyclic) bond motifs is 1. The molecule has 0 aliphatic carbocycles. The number of nitrogens with one attached hydrogen (secondary N) is 1. The molecule has 0 spiro atoms. The van der Waals surface area contributed by atoms with E-state index >= 15 is 0 Å². The zero-order chi connectivity index (χ0) is 20.7. The predicted molar refractivity (Wildman–Crippen MR) is 108 cm³/mol. The van der Waals surface area contributed by atoms with Gasteiger partial charge in [-0.1, -0.05) is 18.2 Å². The van der Waals surface area contributed by atoms with Gasteiger partial charge in [-0.05, 0) is 24.3 Å². The predicted octanol–water partition coefficient (Wildman–Crippen LogP) is 1.92. The molecule has 2 aromatic carbocycles. The number of halogens is 1. The van der Waals surface area contributed by atoms with Crippen LogP contribution in [0.3, 0.4) is 0 Å². The van der Waals surface area contributed by atoms with Gasteiger partial charge >= 0.3 is 6.03 Å². The second kappa shape index (κ2) is 7.42. The molecule has 3 heterocycles. The molecule has 5 rings (SSSR count). The zero-order valence-corrected chi connectivity index (χ0v) is 16.1. The summed E-state index contributed by atoms with van der Waals surface area (Å²) in [4.78, 5) is 28.3. The van der Waals surface area contributed by atoms with E-state index in [1.807, 2.05) is 18.2 Å². The topological polar surface area (TPSA) is 79.7 Å². The van der Waals surface area contributed by atoms with E-state index in [9.17, 15) is 14.0 Å². The number of amides is 3. The van der Waals surface area contributed by atoms with Crippen LogP contribution in [-0.2, 0) is 9.53 Å². The van der Waals surface area contributed by atoms with Crippen molar-refractivity contribution in [1.82, 2.24) is 20.0 Å². The van der Waals surface area contributed by atoms with E-state index in [0.717, 1.165) is 5.39 Å². The van der Waals surface area contributed by atoms with Gasteiger partial charge in [0.15, 0.2) is 0 Å². The Labute approximate surface area is 171 Å². The first-order valence-corrected chi connectivity index (χ1v) is 9.77. The highest BCUT2D eigenvalue weighted by Crippen LogP contribution is 2.31. The summed E-state index contributed by atoms with van der Waals surface area (Å²) in [7, 11) is 0. The summed E-state index contributed by atoms with van der Waals surface area (Å²) < 4.78 is 20.8. The first-order chi connectivity index (χ1) is 14.6. The van der Waals surface area contributed by atoms with Crippen LogP contribution in [0.25, 0.3) is 16.6 Å². The largest absolute Gasteiger partial charge is 0.377 e. The summed E-state index contributed by atoms with van der Waals surface area (Å²) in [6, 6.07) is 11.7. The third kappa shape index (κ3) is 3.17. The van der Waals surface area contributed by atoms with E-state index < -0.39 is 0 Å². The average molecular weight is 409 g/mol. The highest BCUT2D eigenvalue weighted by molar-refractivity contribution is 6.04. The van der Waals surface area contributed by atoms with Gasteiger partial charge in [0.2, 0.25) is 5.91 Å². The van der Waals surface area contributed by atoms with Crippen molar-refractivity contribution < 1.29 is 18.7 Å². The van der Waals surface area contributed by atoms with Gasteiger partial charge < -0.3 is 15.0 Å². The molecule has 30 heavy (non-hydrogen) atoms. The van der Waals surface area contributed by atoms with Crippen LogP contribution in [0, 0.1) is 5.82 Å². The third-order valence-corrected chi connectivity index (χ3v) is 5.39. The van der Waals surface area contributed by atoms with Crippen LogP contribution in [0.5, 0.6) is 0 Å². The number of anilines is 1. The maximum Gasteiger partial charge on any atom is 0.325 e. The summed E-state index contributed by atoms with van der Waals surface area (Å²) in [5.41, 5.74) is 1.73. The first kappa shape index (κ1) is 18.6. The van der Waals surface area contributed by atoms with Crippen LogP contribution in [0.15, 0.2) is 48.7 Å². The van der Waals surface area contributed by atoms with E-state index in [1.54, 1.807) is 29.3 Å². The van der Waals surface area contributed by atoms with Crippen molar-refractivity contribution in [2.45, 2.75) is 6.04 Å². The lowest BCUT2D eigenvalue weighted by Crippen LogP contribution is -2.51. The van der Waals surface area contributed by atoms with Crippen molar-refractivity contribution in [3.8, 4) is 5.69 Å². The van der Waals surface area contributed by atoms with Gasteiger partial charge in [0.05, 0.1) is 36.7 Å². The molecule has 0 unspecified atom stereocenters. The van der Waals surface area contributed by atoms with Crippen LogP contribution < -0.4 is 10.2 Å². The number of aromatic nitrogens is 2. The van der Waals surface area contributed by atoms with Crippen molar-refractivity contribution >= 4 is 28.5 Å². The number of carbonyl (C=O) groups excluding carboxylic acids is 2. The van der Waals surface area contributed by atoms with Gasteiger partial charge in [0, 0.05) is 18.5 Å². The standard InChI is InChI=1S/C21H20FN5O3/c22-16-4-1-2-5-19(16)27-18-7-3-6-17(15(18)10-23-27)26-9-8-25(21(26)29)11-20(28)24-14-12-30-13-14/h1-7,10,14H,8-9,11-13H2,(H,24,28). The van der Waals surface area contributed by atoms with E-state index in [1.165, 1.54) is 15.6 Å². The molecule has 0 atom stereocenters. The fourth-order valence-electron chi connectivity index (χ4n) is 3.81. The Kier molecular flexibility index (Phi) is 4.59. The molecule has 0 saturated carbocycles. The minimum absolute atomic E-state index is 0.0102. The lowest BCUT2D eigenvalue weighted by Gasteiger charge is -2.27. The number of hydrogen-bond donors (Lipinski definition) is 1. The summed E-state index contributed by atoms with van der Waals surface area (Å²) in [5.74, 6) is -0.566. The molecule has 9 heteroatoms. The molecule has 2 aliphatic rings. The Morgan fingerprint density at radius 3 is 2.70 bits per heavy atom. The summed E-state index contributed by atoms with van der Waals surface area (Å²) in [6.07, 6.45) is 1.64. The number of nitrogens with zero attached hydrogens (tertiary/aromatic N) is 4. The molecule has 1 N–H and O–H groups in total. The Morgan fingerprint density at radius 2 is 1.93 bits per heavy atom. The van der Waals surface area contributed by atoms with Gasteiger partial charge in [-0.2, -0.15) is 5.10 Å². The number of hydrogen-bond acceptors (Lipinski definition) is 4. The molecule has 8 nitrogen and oxygen atoms in total. The van der Waals surface area contributed by atoms with E-state index in [0.29, 0.717) is 43.2 Å². The van der Waals surface area contributed by atoms with Gasteiger partial charge in [-0.15, -0.1) is 0 Å². The van der Waals surface area contributed by atoms with Crippen molar-refractivity contribution in [2.75, 3.05) is 37.7 Å². The Hall–Kier alpha value is -3.46. The Bertz CT molecular complexity index is 1130. The lowest BCUT2D eigenvalue weighted by atomic mass is 10.2. The number of carbonyl (C=O) groups is 2. The second-order valence-electron chi connectivity index (χ2n) is 7.38. The average Bonchev–Trinajstić information content (AvgIpc) is 3.29. The number of para-hydroxylation sites is 1. The van der Waals surface area contributed by atoms with Crippen LogP contribution in [0.2, 0.25) is 0 Å². The summed E-state index contributed by atoms with van der Waals surface area (Å²) in [6.45, 7) is 1.95. The number of rotatable bonds is 5. The van der Waals surface area contributed by atoms with E-state index in [4.69, 9.17) is 4.74 Å². The molecule has 0 radical (unpaired) electrons. The molecule has 2 fully saturated rings. The fraction of sp³-hybridized carbons (Fsp3) is 0.286. The number of benzene rings is 2. The Morgan fingerprint density at radius 1 is 1.13 bits per heavy atom. The van der Waals surface area contributed by atoms with Crippen LogP contribution in [0.1, 0.15) is 0 Å². The van der Waals surface area contributed by atoms with Crippen molar-refractivity contribution in [3.63, 3.8) is 0 Å². The highest BCUT2D eigenvalue weighted by Gasteiger charge is 2.33. The quantitative estimate of drug-likeness (QED) is 0.698. The Balaban J connectivity index is 1.39. The first-order valence-electron chi connectivity index (χ1n) is 9.77. The SMILES string of the molecule is O=C(CN1CCN(c2cccc3c2cnn3-c2ccccc2F)C1=O)NC1COC1. The second-order valence-corrected chi connectivity index (χ2v) is 7.38. The molecule has 0 bridgehead atoms. The lowest BCUT2D eigenvalue weighted by molar-refractivity contribution is -0.125. The normalized spacial score (nSPS) is 16.9. The van der Waals surface area contributed by atoms with E-state index in [2.05, 4.69) is 10.4 Å². The molecule has 154 valence electrons. The maximum atomic E-state index is 14.3. The molecule has 1 aromatic heterocycles. The zero-order valence-electron chi connectivity index (χ0n) is 16.1. The van der Waals surface area contributed by atoms with Crippen LogP contribution >= 0.6 is 0 Å². The molecular weight excluding hydrogens is 389 g/mol. The smallest absolute Gasteiger partial charge is 0.325 e. The molecule has 2 saturated heterocycles. The van der Waals surface area contributed by atoms with Gasteiger partial charge in [0.25, 0.3) is 0 Å². The molecule has 2 aliphatic heterocycles. The molecule has 3 amide bonds. The van der Waals surface area contributed by atoms with Gasteiger partial charge in [0.1, 0.15) is 18.0 Å². The number of urea groups is 1. The van der Waals surface area contributed by atoms with Crippen molar-refractivity contribution in [1.29, 1.82) is 0 Å². The monoisotopic (exact) mass is 409 g/mol. The minimum atomic E-state index is -0.376. The van der Waals surface area contributed by atoms with Crippen molar-refractivity contribution in [2.24, 2.45) is 0 Å². The molecule has 3 aromatic rings. The third-order valence-electron chi connectivity index (χ3n) is 5.39. The molecular formula is C21H20FN5O3.